The minimum atomic E-state index is -4.72. The molecule has 1 aliphatic carbocycles. The molecule has 0 radical (unpaired) electrons. The van der Waals surface area contributed by atoms with Crippen LogP contribution >= 0.6 is 0 Å². The molecule has 0 bridgehead atoms. The number of hydrogen-bond acceptors (Lipinski definition) is 4. The lowest BCUT2D eigenvalue weighted by molar-refractivity contribution is -0.209. The lowest BCUT2D eigenvalue weighted by Crippen LogP contribution is -2.59. The monoisotopic (exact) mass is 262 g/mol. The van der Waals surface area contributed by atoms with Gasteiger partial charge in [-0.1, -0.05) is 0 Å². The maximum Gasteiger partial charge on any atom is 0.421 e. The van der Waals surface area contributed by atoms with Crippen LogP contribution in [-0.2, 0) is 0 Å². The normalized spacial score (nSPS) is 24.7. The summed E-state index contributed by atoms with van der Waals surface area (Å²) in [5, 5.41) is 18.2. The SMILES string of the molecule is OC(c1n[nH]c(C2CC3(CNC3)C2)n1)C(F)(F)F. The predicted molar refractivity (Wildman–Crippen MR) is 54.7 cm³/mol. The van der Waals surface area contributed by atoms with Crippen LogP contribution < -0.4 is 5.32 Å². The lowest BCUT2D eigenvalue weighted by Gasteiger charge is -2.53. The maximum absolute atomic E-state index is 12.3. The van der Waals surface area contributed by atoms with E-state index in [-0.39, 0.29) is 5.92 Å². The van der Waals surface area contributed by atoms with Gasteiger partial charge in [0.1, 0.15) is 5.82 Å². The zero-order valence-corrected chi connectivity index (χ0v) is 9.46. The fourth-order valence-corrected chi connectivity index (χ4v) is 2.69. The molecule has 3 rings (SSSR count). The Hall–Kier alpha value is -1.15. The summed E-state index contributed by atoms with van der Waals surface area (Å²) in [7, 11) is 0. The second-order valence-corrected chi connectivity index (χ2v) is 5.23. The van der Waals surface area contributed by atoms with Crippen LogP contribution in [0.2, 0.25) is 0 Å². The minimum Gasteiger partial charge on any atom is -0.377 e. The molecule has 2 heterocycles. The molecular weight excluding hydrogens is 249 g/mol. The number of hydrogen-bond donors (Lipinski definition) is 3. The zero-order chi connectivity index (χ0) is 13.0. The summed E-state index contributed by atoms with van der Waals surface area (Å²) in [4.78, 5) is 3.77. The van der Waals surface area contributed by atoms with Gasteiger partial charge in [0.2, 0.25) is 6.10 Å². The van der Waals surface area contributed by atoms with Crippen LogP contribution in [0, 0.1) is 5.41 Å². The van der Waals surface area contributed by atoms with Crippen LogP contribution in [0.25, 0.3) is 0 Å². The van der Waals surface area contributed by atoms with Crippen LogP contribution in [0.4, 0.5) is 13.2 Å². The van der Waals surface area contributed by atoms with E-state index in [1.54, 1.807) is 0 Å². The molecule has 3 N–H and O–H groups in total. The van der Waals surface area contributed by atoms with Crippen LogP contribution in [0.15, 0.2) is 0 Å². The largest absolute Gasteiger partial charge is 0.421 e. The lowest BCUT2D eigenvalue weighted by atomic mass is 9.58. The minimum absolute atomic E-state index is 0.133. The molecule has 1 saturated carbocycles. The molecule has 2 fully saturated rings. The Morgan fingerprint density at radius 2 is 2.00 bits per heavy atom. The van der Waals surface area contributed by atoms with Crippen molar-refractivity contribution in [1.29, 1.82) is 0 Å². The molecule has 1 atom stereocenters. The van der Waals surface area contributed by atoms with Crippen LogP contribution in [0.3, 0.4) is 0 Å². The molecule has 8 heteroatoms. The van der Waals surface area contributed by atoms with Gasteiger partial charge in [-0.25, -0.2) is 4.98 Å². The Morgan fingerprint density at radius 3 is 2.50 bits per heavy atom. The molecule has 1 aromatic heterocycles. The fraction of sp³-hybridized carbons (Fsp3) is 0.800. The van der Waals surface area contributed by atoms with Crippen molar-refractivity contribution in [1.82, 2.24) is 20.5 Å². The zero-order valence-electron chi connectivity index (χ0n) is 9.46. The highest BCUT2D eigenvalue weighted by Crippen LogP contribution is 2.52. The van der Waals surface area contributed by atoms with Gasteiger partial charge in [0.05, 0.1) is 0 Å². The van der Waals surface area contributed by atoms with Crippen LogP contribution in [0.1, 0.15) is 36.5 Å². The topological polar surface area (TPSA) is 73.8 Å². The molecule has 100 valence electrons. The molecule has 0 amide bonds. The third-order valence-electron chi connectivity index (χ3n) is 3.82. The molecular formula is C10H13F3N4O. The van der Waals surface area contributed by atoms with Crippen molar-refractivity contribution >= 4 is 0 Å². The Kier molecular flexibility index (Phi) is 2.43. The van der Waals surface area contributed by atoms with Gasteiger partial charge in [-0.05, 0) is 18.3 Å². The number of aliphatic hydroxyl groups excluding tert-OH is 1. The molecule has 5 nitrogen and oxygen atoms in total. The third-order valence-corrected chi connectivity index (χ3v) is 3.82. The highest BCUT2D eigenvalue weighted by atomic mass is 19.4. The van der Waals surface area contributed by atoms with Crippen molar-refractivity contribution < 1.29 is 18.3 Å². The Morgan fingerprint density at radius 1 is 1.33 bits per heavy atom. The van der Waals surface area contributed by atoms with E-state index in [2.05, 4.69) is 20.5 Å². The first kappa shape index (κ1) is 11.9. The average molecular weight is 262 g/mol. The highest BCUT2D eigenvalue weighted by Gasteiger charge is 2.50. The van der Waals surface area contributed by atoms with E-state index >= 15 is 0 Å². The molecule has 1 aromatic rings. The summed E-state index contributed by atoms with van der Waals surface area (Å²) in [6, 6.07) is 0. The van der Waals surface area contributed by atoms with Gasteiger partial charge in [0.15, 0.2) is 5.82 Å². The fourth-order valence-electron chi connectivity index (χ4n) is 2.69. The summed E-state index contributed by atoms with van der Waals surface area (Å²) in [5.74, 6) is -0.00945. The number of rotatable bonds is 2. The third kappa shape index (κ3) is 1.79. The Bertz CT molecular complexity index is 446. The standard InChI is InChI=1S/C10H13F3N4O/c11-10(12,13)6(18)8-15-7(16-17-8)5-1-9(2-5)3-14-4-9/h5-6,14,18H,1-4H2,(H,15,16,17). The maximum atomic E-state index is 12.3. The first-order valence-electron chi connectivity index (χ1n) is 5.77. The summed E-state index contributed by atoms with van der Waals surface area (Å²) in [6.07, 6.45) is -5.51. The van der Waals surface area contributed by atoms with Gasteiger partial charge < -0.3 is 10.4 Å². The first-order chi connectivity index (χ1) is 8.40. The van der Waals surface area contributed by atoms with Crippen molar-refractivity contribution in [2.45, 2.75) is 31.0 Å². The van der Waals surface area contributed by atoms with Gasteiger partial charge in [0.25, 0.3) is 0 Å². The van der Waals surface area contributed by atoms with E-state index in [1.165, 1.54) is 0 Å². The molecule has 1 aliphatic heterocycles. The molecule has 1 spiro atoms. The summed E-state index contributed by atoms with van der Waals surface area (Å²) >= 11 is 0. The number of halogens is 3. The van der Waals surface area contributed by atoms with Gasteiger partial charge >= 0.3 is 6.18 Å². The van der Waals surface area contributed by atoms with Crippen molar-refractivity contribution in [3.05, 3.63) is 11.6 Å². The molecule has 1 saturated heterocycles. The molecule has 18 heavy (non-hydrogen) atoms. The van der Waals surface area contributed by atoms with Gasteiger partial charge in [-0.15, -0.1) is 0 Å². The van der Waals surface area contributed by atoms with Crippen molar-refractivity contribution in [2.75, 3.05) is 13.1 Å². The highest BCUT2D eigenvalue weighted by molar-refractivity contribution is 5.14. The van der Waals surface area contributed by atoms with Gasteiger partial charge in [-0.2, -0.15) is 18.3 Å². The predicted octanol–water partition coefficient (Wildman–Crippen LogP) is 0.867. The van der Waals surface area contributed by atoms with Crippen LogP contribution in [-0.4, -0.2) is 39.6 Å². The van der Waals surface area contributed by atoms with E-state index in [0.717, 1.165) is 25.9 Å². The van der Waals surface area contributed by atoms with Gasteiger partial charge in [0, 0.05) is 19.0 Å². The van der Waals surface area contributed by atoms with E-state index in [1.807, 2.05) is 0 Å². The first-order valence-corrected chi connectivity index (χ1v) is 5.77. The molecule has 1 unspecified atom stereocenters. The van der Waals surface area contributed by atoms with Crippen LogP contribution in [0.5, 0.6) is 0 Å². The number of alkyl halides is 3. The number of aliphatic hydroxyl groups is 1. The summed E-state index contributed by atoms with van der Waals surface area (Å²) in [5.41, 5.74) is 0.320. The Labute approximate surface area is 101 Å². The number of nitrogens with zero attached hydrogens (tertiary/aromatic N) is 2. The van der Waals surface area contributed by atoms with Gasteiger partial charge in [-0.3, -0.25) is 5.10 Å². The van der Waals surface area contributed by atoms with E-state index < -0.39 is 18.1 Å². The molecule has 0 aromatic carbocycles. The Balaban J connectivity index is 1.67. The van der Waals surface area contributed by atoms with E-state index in [9.17, 15) is 13.2 Å². The van der Waals surface area contributed by atoms with Crippen molar-refractivity contribution in [3.63, 3.8) is 0 Å². The number of aromatic amines is 1. The quantitative estimate of drug-likeness (QED) is 0.739. The molecule has 2 aliphatic rings. The number of H-pyrrole nitrogens is 1. The van der Waals surface area contributed by atoms with Crippen molar-refractivity contribution in [2.24, 2.45) is 5.41 Å². The number of aromatic nitrogens is 3. The number of nitrogens with one attached hydrogen (secondary N) is 2. The smallest absolute Gasteiger partial charge is 0.377 e. The second-order valence-electron chi connectivity index (χ2n) is 5.23. The summed E-state index contributed by atoms with van der Waals surface area (Å²) in [6.45, 7) is 1.94. The second kappa shape index (κ2) is 3.67. The summed E-state index contributed by atoms with van der Waals surface area (Å²) < 4.78 is 36.8. The van der Waals surface area contributed by atoms with E-state index in [4.69, 9.17) is 5.11 Å². The van der Waals surface area contributed by atoms with E-state index in [0.29, 0.717) is 11.2 Å². The van der Waals surface area contributed by atoms with Crippen molar-refractivity contribution in [3.8, 4) is 0 Å². The average Bonchev–Trinajstić information content (AvgIpc) is 2.59.